The van der Waals surface area contributed by atoms with Gasteiger partial charge < -0.3 is 9.84 Å². The number of aliphatic hydroxyl groups excluding tert-OH is 1. The minimum Gasteiger partial charge on any atom is -0.496 e. The fourth-order valence-electron chi connectivity index (χ4n) is 2.63. The molecule has 0 heterocycles. The Bertz CT molecular complexity index is 360. The van der Waals surface area contributed by atoms with Crippen LogP contribution in [0.4, 0.5) is 0 Å². The molecule has 0 amide bonds. The lowest BCUT2D eigenvalue weighted by Crippen LogP contribution is -2.23. The third-order valence-electron chi connectivity index (χ3n) is 3.79. The second-order valence-corrected chi connectivity index (χ2v) is 4.76. The number of hydrogen-bond acceptors (Lipinski definition) is 2. The van der Waals surface area contributed by atoms with Crippen molar-refractivity contribution < 1.29 is 9.84 Å². The van der Waals surface area contributed by atoms with E-state index in [0.717, 1.165) is 25.0 Å². The van der Waals surface area contributed by atoms with Crippen LogP contribution in [0, 0.1) is 11.8 Å². The van der Waals surface area contributed by atoms with E-state index in [0.29, 0.717) is 18.4 Å². The Kier molecular flexibility index (Phi) is 3.49. The molecule has 0 spiro atoms. The Hall–Kier alpha value is -1.02. The minimum atomic E-state index is 0.296. The highest BCUT2D eigenvalue weighted by molar-refractivity contribution is 5.42. The summed E-state index contributed by atoms with van der Waals surface area (Å²) in [5, 5.41) is 9.21. The molecule has 2 atom stereocenters. The standard InChI is InChI=1S/C14H20O2/c1-10(9-15)11-6-7-13-12(8-11)4-3-5-14(13)16-2/h3-5,10-11,15H,6-9H2,1-2H3. The smallest absolute Gasteiger partial charge is 0.122 e. The van der Waals surface area contributed by atoms with Crippen molar-refractivity contribution in [2.24, 2.45) is 11.8 Å². The van der Waals surface area contributed by atoms with Crippen LogP contribution in [-0.4, -0.2) is 18.8 Å². The maximum atomic E-state index is 9.21. The molecule has 0 aliphatic heterocycles. The molecule has 1 N–H and O–H groups in total. The van der Waals surface area contributed by atoms with Gasteiger partial charge >= 0.3 is 0 Å². The molecule has 1 aliphatic carbocycles. The molecule has 0 aromatic heterocycles. The van der Waals surface area contributed by atoms with Gasteiger partial charge in [0.15, 0.2) is 0 Å². The van der Waals surface area contributed by atoms with E-state index in [-0.39, 0.29) is 0 Å². The van der Waals surface area contributed by atoms with Crippen LogP contribution >= 0.6 is 0 Å². The van der Waals surface area contributed by atoms with E-state index in [1.165, 1.54) is 11.1 Å². The summed E-state index contributed by atoms with van der Waals surface area (Å²) < 4.78 is 5.39. The second kappa shape index (κ2) is 4.88. The van der Waals surface area contributed by atoms with Gasteiger partial charge in [-0.05, 0) is 48.3 Å². The number of aliphatic hydroxyl groups is 1. The fraction of sp³-hybridized carbons (Fsp3) is 0.571. The Morgan fingerprint density at radius 2 is 2.31 bits per heavy atom. The SMILES string of the molecule is COc1cccc2c1CCC(C(C)CO)C2. The van der Waals surface area contributed by atoms with Gasteiger partial charge in [0.2, 0.25) is 0 Å². The van der Waals surface area contributed by atoms with Gasteiger partial charge in [-0.2, -0.15) is 0 Å². The summed E-state index contributed by atoms with van der Waals surface area (Å²) in [6.45, 7) is 2.43. The van der Waals surface area contributed by atoms with E-state index in [1.54, 1.807) is 7.11 Å². The molecule has 2 unspecified atom stereocenters. The molecule has 1 aromatic carbocycles. The van der Waals surface area contributed by atoms with Crippen molar-refractivity contribution >= 4 is 0 Å². The van der Waals surface area contributed by atoms with E-state index >= 15 is 0 Å². The molecule has 2 heteroatoms. The highest BCUT2D eigenvalue weighted by atomic mass is 16.5. The van der Waals surface area contributed by atoms with Gasteiger partial charge in [-0.15, -0.1) is 0 Å². The second-order valence-electron chi connectivity index (χ2n) is 4.76. The van der Waals surface area contributed by atoms with Crippen LogP contribution in [0.3, 0.4) is 0 Å². The first-order valence-electron chi connectivity index (χ1n) is 6.02. The van der Waals surface area contributed by atoms with Crippen molar-refractivity contribution in [3.8, 4) is 5.75 Å². The summed E-state index contributed by atoms with van der Waals surface area (Å²) in [4.78, 5) is 0. The van der Waals surface area contributed by atoms with E-state index < -0.39 is 0 Å². The predicted octanol–water partition coefficient (Wildman–Crippen LogP) is 2.43. The predicted molar refractivity (Wildman–Crippen MR) is 64.8 cm³/mol. The lowest BCUT2D eigenvalue weighted by Gasteiger charge is -2.29. The van der Waals surface area contributed by atoms with Crippen LogP contribution in [0.15, 0.2) is 18.2 Å². The Morgan fingerprint density at radius 1 is 1.50 bits per heavy atom. The summed E-state index contributed by atoms with van der Waals surface area (Å²) in [5.41, 5.74) is 2.77. The quantitative estimate of drug-likeness (QED) is 0.847. The van der Waals surface area contributed by atoms with E-state index in [4.69, 9.17) is 4.74 Å². The Balaban J connectivity index is 2.21. The van der Waals surface area contributed by atoms with E-state index in [9.17, 15) is 5.11 Å². The van der Waals surface area contributed by atoms with Gasteiger partial charge in [-0.1, -0.05) is 19.1 Å². The van der Waals surface area contributed by atoms with Crippen LogP contribution in [-0.2, 0) is 12.8 Å². The normalized spacial score (nSPS) is 21.3. The number of benzene rings is 1. The monoisotopic (exact) mass is 220 g/mol. The van der Waals surface area contributed by atoms with Crippen molar-refractivity contribution in [1.29, 1.82) is 0 Å². The van der Waals surface area contributed by atoms with Crippen LogP contribution in [0.2, 0.25) is 0 Å². The van der Waals surface area contributed by atoms with Crippen molar-refractivity contribution in [3.05, 3.63) is 29.3 Å². The van der Waals surface area contributed by atoms with Crippen LogP contribution in [0.25, 0.3) is 0 Å². The van der Waals surface area contributed by atoms with Crippen molar-refractivity contribution in [2.75, 3.05) is 13.7 Å². The zero-order chi connectivity index (χ0) is 11.5. The number of hydrogen-bond donors (Lipinski definition) is 1. The van der Waals surface area contributed by atoms with Crippen LogP contribution < -0.4 is 4.74 Å². The Morgan fingerprint density at radius 3 is 3.00 bits per heavy atom. The first-order valence-corrected chi connectivity index (χ1v) is 6.02. The van der Waals surface area contributed by atoms with Gasteiger partial charge in [0.05, 0.1) is 7.11 Å². The van der Waals surface area contributed by atoms with Gasteiger partial charge in [0.1, 0.15) is 5.75 Å². The lowest BCUT2D eigenvalue weighted by molar-refractivity contribution is 0.177. The minimum absolute atomic E-state index is 0.296. The topological polar surface area (TPSA) is 29.5 Å². The fourth-order valence-corrected chi connectivity index (χ4v) is 2.63. The molecule has 0 fully saturated rings. The molecule has 16 heavy (non-hydrogen) atoms. The summed E-state index contributed by atoms with van der Waals surface area (Å²) in [5.74, 6) is 2.04. The zero-order valence-electron chi connectivity index (χ0n) is 10.1. The molecule has 0 radical (unpaired) electrons. The highest BCUT2D eigenvalue weighted by Gasteiger charge is 2.24. The van der Waals surface area contributed by atoms with Gasteiger partial charge in [-0.25, -0.2) is 0 Å². The summed E-state index contributed by atoms with van der Waals surface area (Å²) in [7, 11) is 1.73. The molecule has 2 nitrogen and oxygen atoms in total. The average Bonchev–Trinajstić information content (AvgIpc) is 2.36. The maximum absolute atomic E-state index is 9.21. The number of rotatable bonds is 3. The van der Waals surface area contributed by atoms with Crippen LogP contribution in [0.1, 0.15) is 24.5 Å². The summed E-state index contributed by atoms with van der Waals surface area (Å²) in [6, 6.07) is 6.28. The Labute approximate surface area is 97.3 Å². The van der Waals surface area contributed by atoms with Gasteiger partial charge in [-0.3, -0.25) is 0 Å². The van der Waals surface area contributed by atoms with Gasteiger partial charge in [0, 0.05) is 6.61 Å². The molecule has 0 saturated carbocycles. The molecule has 0 bridgehead atoms. The molecular weight excluding hydrogens is 200 g/mol. The van der Waals surface area contributed by atoms with Crippen molar-refractivity contribution in [2.45, 2.75) is 26.2 Å². The molecule has 1 aliphatic rings. The lowest BCUT2D eigenvalue weighted by atomic mass is 9.77. The number of fused-ring (bicyclic) bond motifs is 1. The van der Waals surface area contributed by atoms with Crippen LogP contribution in [0.5, 0.6) is 5.75 Å². The maximum Gasteiger partial charge on any atom is 0.122 e. The number of methoxy groups -OCH3 is 1. The van der Waals surface area contributed by atoms with Crippen molar-refractivity contribution in [1.82, 2.24) is 0 Å². The molecular formula is C14H20O2. The molecule has 0 saturated heterocycles. The summed E-state index contributed by atoms with van der Waals surface area (Å²) in [6.07, 6.45) is 3.32. The van der Waals surface area contributed by atoms with Gasteiger partial charge in [0.25, 0.3) is 0 Å². The first kappa shape index (κ1) is 11.5. The average molecular weight is 220 g/mol. The first-order chi connectivity index (χ1) is 7.76. The zero-order valence-corrected chi connectivity index (χ0v) is 10.1. The van der Waals surface area contributed by atoms with E-state index in [2.05, 4.69) is 19.1 Å². The molecule has 2 rings (SSSR count). The highest BCUT2D eigenvalue weighted by Crippen LogP contribution is 2.34. The third-order valence-corrected chi connectivity index (χ3v) is 3.79. The van der Waals surface area contributed by atoms with E-state index in [1.807, 2.05) is 6.07 Å². The molecule has 1 aromatic rings. The summed E-state index contributed by atoms with van der Waals surface area (Å²) >= 11 is 0. The largest absolute Gasteiger partial charge is 0.496 e. The third kappa shape index (κ3) is 2.07. The molecule has 88 valence electrons. The van der Waals surface area contributed by atoms with Crippen molar-refractivity contribution in [3.63, 3.8) is 0 Å². The number of ether oxygens (including phenoxy) is 1.